The summed E-state index contributed by atoms with van der Waals surface area (Å²) in [6.07, 6.45) is 7.59. The predicted octanol–water partition coefficient (Wildman–Crippen LogP) is 3.43. The van der Waals surface area contributed by atoms with Crippen LogP contribution in [0.1, 0.15) is 57.4 Å². The van der Waals surface area contributed by atoms with E-state index >= 15 is 0 Å². The second-order valence-corrected chi connectivity index (χ2v) is 10.6. The smallest absolute Gasteiger partial charge is 0.321 e. The predicted molar refractivity (Wildman–Crippen MR) is 123 cm³/mol. The molecule has 0 aromatic heterocycles. The van der Waals surface area contributed by atoms with Gasteiger partial charge in [-0.25, -0.2) is 4.79 Å². The number of rotatable bonds is 6. The van der Waals surface area contributed by atoms with E-state index in [4.69, 9.17) is 0 Å². The summed E-state index contributed by atoms with van der Waals surface area (Å²) < 4.78 is 0. The molecule has 0 bridgehead atoms. The first-order chi connectivity index (χ1) is 14.7. The molecule has 1 saturated heterocycles. The lowest BCUT2D eigenvalue weighted by Gasteiger charge is -2.53. The second kappa shape index (κ2) is 8.12. The molecule has 170 valence electrons. The minimum atomic E-state index is -0.169. The van der Waals surface area contributed by atoms with Crippen LogP contribution >= 0.6 is 0 Å². The third kappa shape index (κ3) is 3.84. The molecule has 1 spiro atoms. The largest absolute Gasteiger partial charge is 0.358 e. The van der Waals surface area contributed by atoms with Gasteiger partial charge in [0.2, 0.25) is 5.91 Å². The molecule has 6 heteroatoms. The van der Waals surface area contributed by atoms with E-state index in [0.29, 0.717) is 6.54 Å². The quantitative estimate of drug-likeness (QED) is 0.758. The summed E-state index contributed by atoms with van der Waals surface area (Å²) in [7, 11) is 5.99. The van der Waals surface area contributed by atoms with Crippen LogP contribution in [0.5, 0.6) is 0 Å². The van der Waals surface area contributed by atoms with Crippen LogP contribution in [-0.2, 0) is 10.3 Å². The molecule has 3 aliphatic rings. The van der Waals surface area contributed by atoms with E-state index in [1.165, 1.54) is 24.8 Å². The molecule has 2 aliphatic carbocycles. The summed E-state index contributed by atoms with van der Waals surface area (Å²) in [6.45, 7) is 3.95. The fourth-order valence-electron chi connectivity index (χ4n) is 6.11. The van der Waals surface area contributed by atoms with Gasteiger partial charge in [-0.2, -0.15) is 0 Å². The Bertz CT molecular complexity index is 810. The van der Waals surface area contributed by atoms with Gasteiger partial charge >= 0.3 is 6.03 Å². The highest BCUT2D eigenvalue weighted by Gasteiger charge is 2.56. The van der Waals surface area contributed by atoms with E-state index in [0.717, 1.165) is 32.2 Å². The molecule has 0 radical (unpaired) electrons. The minimum absolute atomic E-state index is 0.00415. The standard InChI is InChI=1S/C25H38N4O2/c1-23(11-8-12-23)18-29-22(31)28(17-21(30)26-2)19-24(29)13-15-25(16-14-24,27(3)4)20-9-6-5-7-10-20/h5-7,9-10H,8,11-19H2,1-4H3,(H,26,30). The highest BCUT2D eigenvalue weighted by Crippen LogP contribution is 2.51. The van der Waals surface area contributed by atoms with E-state index in [1.54, 1.807) is 11.9 Å². The fraction of sp³-hybridized carbons (Fsp3) is 0.680. The van der Waals surface area contributed by atoms with Gasteiger partial charge in [0.05, 0.1) is 5.54 Å². The third-order valence-electron chi connectivity index (χ3n) is 8.45. The van der Waals surface area contributed by atoms with Gasteiger partial charge in [0.1, 0.15) is 6.54 Å². The Morgan fingerprint density at radius 2 is 1.71 bits per heavy atom. The number of likely N-dealkylation sites (N-methyl/N-ethyl adjacent to an activating group) is 1. The van der Waals surface area contributed by atoms with E-state index in [2.05, 4.69) is 66.5 Å². The van der Waals surface area contributed by atoms with Crippen LogP contribution in [0.2, 0.25) is 0 Å². The van der Waals surface area contributed by atoms with Crippen molar-refractivity contribution in [3.05, 3.63) is 35.9 Å². The Hall–Kier alpha value is -2.08. The number of urea groups is 1. The zero-order chi connectivity index (χ0) is 22.3. The van der Waals surface area contributed by atoms with E-state index < -0.39 is 0 Å². The maximum Gasteiger partial charge on any atom is 0.321 e. The van der Waals surface area contributed by atoms with Crippen molar-refractivity contribution >= 4 is 11.9 Å². The van der Waals surface area contributed by atoms with Gasteiger partial charge in [0, 0.05) is 25.7 Å². The summed E-state index contributed by atoms with van der Waals surface area (Å²) in [5.41, 5.74) is 1.41. The lowest BCUT2D eigenvalue weighted by atomic mass is 9.66. The van der Waals surface area contributed by atoms with Crippen molar-refractivity contribution in [3.63, 3.8) is 0 Å². The SMILES string of the molecule is CNC(=O)CN1CC2(CCC(c3ccccc3)(N(C)C)CC2)N(CC2(C)CCC2)C1=O. The highest BCUT2D eigenvalue weighted by atomic mass is 16.2. The normalized spacial score (nSPS) is 30.0. The van der Waals surface area contributed by atoms with E-state index in [9.17, 15) is 9.59 Å². The van der Waals surface area contributed by atoms with Crippen molar-refractivity contribution in [2.75, 3.05) is 40.8 Å². The topological polar surface area (TPSA) is 55.9 Å². The average Bonchev–Trinajstić information content (AvgIpc) is 2.99. The lowest BCUT2D eigenvalue weighted by molar-refractivity contribution is -0.121. The van der Waals surface area contributed by atoms with Crippen LogP contribution in [-0.4, -0.2) is 73.0 Å². The first-order valence-corrected chi connectivity index (χ1v) is 11.7. The maximum atomic E-state index is 13.5. The summed E-state index contributed by atoms with van der Waals surface area (Å²) in [6, 6.07) is 10.8. The van der Waals surface area contributed by atoms with Gasteiger partial charge in [-0.3, -0.25) is 9.69 Å². The summed E-state index contributed by atoms with van der Waals surface area (Å²) in [4.78, 5) is 31.9. The summed E-state index contributed by atoms with van der Waals surface area (Å²) >= 11 is 0. The first-order valence-electron chi connectivity index (χ1n) is 11.7. The van der Waals surface area contributed by atoms with E-state index in [-0.39, 0.29) is 35.0 Å². The molecule has 31 heavy (non-hydrogen) atoms. The van der Waals surface area contributed by atoms with Gasteiger partial charge in [0.25, 0.3) is 0 Å². The number of carbonyl (C=O) groups is 2. The number of amides is 3. The van der Waals surface area contributed by atoms with Gasteiger partial charge in [-0.1, -0.05) is 43.7 Å². The van der Waals surface area contributed by atoms with Crippen molar-refractivity contribution in [1.82, 2.24) is 20.0 Å². The molecule has 6 nitrogen and oxygen atoms in total. The number of nitrogens with one attached hydrogen (secondary N) is 1. The summed E-state index contributed by atoms with van der Waals surface area (Å²) in [5.74, 6) is -0.0945. The molecule has 1 aromatic rings. The molecule has 0 unspecified atom stereocenters. The van der Waals surface area contributed by atoms with Gasteiger partial charge < -0.3 is 15.1 Å². The van der Waals surface area contributed by atoms with Crippen molar-refractivity contribution in [1.29, 1.82) is 0 Å². The third-order valence-corrected chi connectivity index (χ3v) is 8.45. The second-order valence-electron chi connectivity index (χ2n) is 10.6. The molecule has 1 aromatic carbocycles. The van der Waals surface area contributed by atoms with Gasteiger partial charge in [-0.05, 0) is 63.6 Å². The number of carbonyl (C=O) groups excluding carboxylic acids is 2. The fourth-order valence-corrected chi connectivity index (χ4v) is 6.11. The molecular formula is C25H38N4O2. The molecule has 1 heterocycles. The van der Waals surface area contributed by atoms with Gasteiger partial charge in [-0.15, -0.1) is 0 Å². The molecule has 4 rings (SSSR count). The number of hydrogen-bond donors (Lipinski definition) is 1. The van der Waals surface area contributed by atoms with Crippen molar-refractivity contribution in [2.24, 2.45) is 5.41 Å². The monoisotopic (exact) mass is 426 g/mol. The Morgan fingerprint density at radius 1 is 1.06 bits per heavy atom. The Balaban J connectivity index is 1.60. The zero-order valence-corrected chi connectivity index (χ0v) is 19.6. The number of benzene rings is 1. The average molecular weight is 427 g/mol. The molecule has 3 fully saturated rings. The minimum Gasteiger partial charge on any atom is -0.358 e. The van der Waals surface area contributed by atoms with Crippen LogP contribution in [0.3, 0.4) is 0 Å². The zero-order valence-electron chi connectivity index (χ0n) is 19.6. The Labute approximate surface area is 187 Å². The first kappa shape index (κ1) is 22.1. The maximum absolute atomic E-state index is 13.5. The van der Waals surface area contributed by atoms with Crippen LogP contribution in [0, 0.1) is 5.41 Å². The lowest BCUT2D eigenvalue weighted by Crippen LogP contribution is -2.57. The van der Waals surface area contributed by atoms with Crippen LogP contribution < -0.4 is 5.32 Å². The molecule has 3 amide bonds. The summed E-state index contributed by atoms with van der Waals surface area (Å²) in [5, 5.41) is 2.68. The van der Waals surface area contributed by atoms with Crippen molar-refractivity contribution in [2.45, 2.75) is 62.9 Å². The highest BCUT2D eigenvalue weighted by molar-refractivity contribution is 5.85. The Kier molecular flexibility index (Phi) is 5.80. The van der Waals surface area contributed by atoms with Gasteiger partial charge in [0.15, 0.2) is 0 Å². The molecule has 1 N–H and O–H groups in total. The van der Waals surface area contributed by atoms with Crippen molar-refractivity contribution < 1.29 is 9.59 Å². The van der Waals surface area contributed by atoms with Crippen LogP contribution in [0.25, 0.3) is 0 Å². The number of hydrogen-bond acceptors (Lipinski definition) is 3. The van der Waals surface area contributed by atoms with Crippen molar-refractivity contribution in [3.8, 4) is 0 Å². The molecule has 0 atom stereocenters. The Morgan fingerprint density at radius 3 is 2.23 bits per heavy atom. The van der Waals surface area contributed by atoms with Crippen LogP contribution in [0.15, 0.2) is 30.3 Å². The van der Waals surface area contributed by atoms with E-state index in [1.807, 2.05) is 0 Å². The number of nitrogens with zero attached hydrogens (tertiary/aromatic N) is 3. The van der Waals surface area contributed by atoms with Crippen LogP contribution in [0.4, 0.5) is 4.79 Å². The molecule has 1 aliphatic heterocycles. The molecule has 2 saturated carbocycles. The molecular weight excluding hydrogens is 388 g/mol.